The van der Waals surface area contributed by atoms with Gasteiger partial charge in [0.1, 0.15) is 0 Å². The second kappa shape index (κ2) is 15.0. The van der Waals surface area contributed by atoms with Gasteiger partial charge in [0.2, 0.25) is 0 Å². The fourth-order valence-electron chi connectivity index (χ4n) is 11.0. The van der Waals surface area contributed by atoms with Gasteiger partial charge in [-0.05, 0) is 86.4 Å². The Morgan fingerprint density at radius 2 is 0.848 bits per heavy atom. The van der Waals surface area contributed by atoms with Gasteiger partial charge < -0.3 is 9.80 Å². The number of rotatable bonds is 6. The van der Waals surface area contributed by atoms with E-state index in [0.29, 0.717) is 0 Å². The maximum absolute atomic E-state index is 2.55. The molecule has 0 spiro atoms. The highest BCUT2D eigenvalue weighted by Gasteiger charge is 2.37. The van der Waals surface area contributed by atoms with Gasteiger partial charge in [0.05, 0.1) is 27.4 Å². The maximum Gasteiger partial charge on any atom is 0.0540 e. The molecule has 2 atom stereocenters. The van der Waals surface area contributed by atoms with Gasteiger partial charge in [-0.1, -0.05) is 182 Å². The molecule has 0 amide bonds. The van der Waals surface area contributed by atoms with Crippen molar-refractivity contribution in [1.82, 2.24) is 0 Å². The number of allylic oxidation sites excluding steroid dienone is 2. The molecule has 0 saturated carbocycles. The molecular weight excluding hydrogens is 837 g/mol. The third-order valence-corrected chi connectivity index (χ3v) is 16.6. The second-order valence-electron chi connectivity index (χ2n) is 17.5. The van der Waals surface area contributed by atoms with Gasteiger partial charge in [0.15, 0.2) is 0 Å². The van der Waals surface area contributed by atoms with Crippen molar-refractivity contribution in [2.45, 2.75) is 16.1 Å². The van der Waals surface area contributed by atoms with Gasteiger partial charge in [-0.2, -0.15) is 0 Å². The average Bonchev–Trinajstić information content (AvgIpc) is 3.96. The van der Waals surface area contributed by atoms with Crippen molar-refractivity contribution in [2.75, 3.05) is 9.80 Å². The Morgan fingerprint density at radius 1 is 0.394 bits per heavy atom. The van der Waals surface area contributed by atoms with Crippen LogP contribution in [0.25, 0.3) is 74.0 Å². The van der Waals surface area contributed by atoms with Crippen LogP contribution in [0, 0.1) is 0 Å². The van der Waals surface area contributed by atoms with Crippen LogP contribution in [0.2, 0.25) is 0 Å². The summed E-state index contributed by atoms with van der Waals surface area (Å²) in [6, 6.07) is 78.2. The zero-order valence-electron chi connectivity index (χ0n) is 35.8. The van der Waals surface area contributed by atoms with Crippen molar-refractivity contribution in [1.29, 1.82) is 0 Å². The summed E-state index contributed by atoms with van der Waals surface area (Å²) in [5.74, 6) is 0.249. The fourth-order valence-corrected chi connectivity index (χ4v) is 13.9. The number of nitrogens with zero attached hydrogens (tertiary/aromatic N) is 2. The van der Waals surface area contributed by atoms with Crippen molar-refractivity contribution in [3.05, 3.63) is 242 Å². The molecule has 12 aromatic rings. The van der Waals surface area contributed by atoms with Gasteiger partial charge >= 0.3 is 0 Å². The van der Waals surface area contributed by atoms with E-state index >= 15 is 0 Å². The molecular formula is C62H40N2S2. The SMILES string of the molecule is C1=CC2c3c(c4sc5cc(N(c6cccc7ccccc67)c6cccc7ccccc67)ccc5c4c4ccccc34)SC2C=C1N(c1cccc2ccccc12)c1cccc2ccccc12. The topological polar surface area (TPSA) is 6.48 Å². The summed E-state index contributed by atoms with van der Waals surface area (Å²) in [6.45, 7) is 0. The zero-order valence-corrected chi connectivity index (χ0v) is 37.4. The number of fused-ring (bicyclic) bond motifs is 14. The molecule has 2 aliphatic rings. The summed E-state index contributed by atoms with van der Waals surface area (Å²) >= 11 is 4.01. The Bertz CT molecular complexity index is 3850. The second-order valence-corrected chi connectivity index (χ2v) is 19.7. The van der Waals surface area contributed by atoms with Crippen molar-refractivity contribution in [3.8, 4) is 0 Å². The summed E-state index contributed by atoms with van der Waals surface area (Å²) in [5.41, 5.74) is 8.54. The van der Waals surface area contributed by atoms with Crippen molar-refractivity contribution in [3.63, 3.8) is 0 Å². The molecule has 4 heteroatoms. The molecule has 0 bridgehead atoms. The van der Waals surface area contributed by atoms with E-state index in [1.165, 1.54) is 113 Å². The van der Waals surface area contributed by atoms with E-state index in [4.69, 9.17) is 0 Å². The molecule has 1 aromatic heterocycles. The largest absolute Gasteiger partial charge is 0.310 e. The van der Waals surface area contributed by atoms with Crippen LogP contribution in [0.4, 0.5) is 28.4 Å². The molecule has 0 N–H and O–H groups in total. The van der Waals surface area contributed by atoms with E-state index in [9.17, 15) is 0 Å². The van der Waals surface area contributed by atoms with Crippen LogP contribution in [-0.2, 0) is 0 Å². The van der Waals surface area contributed by atoms with Gasteiger partial charge in [0.25, 0.3) is 0 Å². The molecule has 2 unspecified atom stereocenters. The molecule has 11 aromatic carbocycles. The minimum atomic E-state index is 0.232. The molecule has 2 heterocycles. The smallest absolute Gasteiger partial charge is 0.0540 e. The van der Waals surface area contributed by atoms with Gasteiger partial charge in [-0.15, -0.1) is 23.1 Å². The number of thioether (sulfide) groups is 1. The lowest BCUT2D eigenvalue weighted by molar-refractivity contribution is 0.877. The van der Waals surface area contributed by atoms with Crippen molar-refractivity contribution < 1.29 is 0 Å². The quantitative estimate of drug-likeness (QED) is 0.164. The normalized spacial score (nSPS) is 15.5. The molecule has 0 fully saturated rings. The fraction of sp³-hybridized carbons (Fsp3) is 0.0323. The molecule has 14 rings (SSSR count). The first-order valence-corrected chi connectivity index (χ1v) is 24.4. The molecule has 0 radical (unpaired) electrons. The average molecular weight is 877 g/mol. The van der Waals surface area contributed by atoms with Crippen LogP contribution in [0.1, 0.15) is 11.5 Å². The van der Waals surface area contributed by atoms with Crippen LogP contribution in [-0.4, -0.2) is 5.25 Å². The molecule has 310 valence electrons. The monoisotopic (exact) mass is 876 g/mol. The van der Waals surface area contributed by atoms with E-state index in [-0.39, 0.29) is 11.2 Å². The maximum atomic E-state index is 2.55. The molecule has 1 aliphatic carbocycles. The number of thiophene rings is 1. The summed E-state index contributed by atoms with van der Waals surface area (Å²) in [4.78, 5) is 6.41. The highest BCUT2D eigenvalue weighted by atomic mass is 32.2. The van der Waals surface area contributed by atoms with Crippen LogP contribution in [0.3, 0.4) is 0 Å². The van der Waals surface area contributed by atoms with E-state index in [0.717, 1.165) is 5.69 Å². The minimum absolute atomic E-state index is 0.232. The standard InChI is InChI=1S/C62H40N2S2/c1-5-23-45-39(15-1)19-11-29-53(45)63(54-30-12-20-40-16-2-6-24-46(40)54)43-33-35-51-57(37-43)65-61-59(51)49-27-9-10-28-50(49)60-52-36-34-44(38-58(52)66-62(60)61)64(55-31-13-21-41-17-3-7-25-47(41)55)56-32-14-22-42-18-4-8-26-48(42)56/h1-38,51,57H. The summed E-state index contributed by atoms with van der Waals surface area (Å²) in [5, 5.41) is 15.5. The summed E-state index contributed by atoms with van der Waals surface area (Å²) < 4.78 is 2.69. The lowest BCUT2D eigenvalue weighted by Gasteiger charge is -2.32. The molecule has 66 heavy (non-hydrogen) atoms. The Kier molecular flexibility index (Phi) is 8.55. The Hall–Kier alpha value is -7.63. The number of hydrogen-bond acceptors (Lipinski definition) is 4. The van der Waals surface area contributed by atoms with Crippen LogP contribution < -0.4 is 9.80 Å². The number of anilines is 5. The van der Waals surface area contributed by atoms with Gasteiger partial charge in [0, 0.05) is 64.5 Å². The Labute approximate surface area is 391 Å². The van der Waals surface area contributed by atoms with E-state index in [1.54, 1.807) is 0 Å². The van der Waals surface area contributed by atoms with Crippen molar-refractivity contribution >= 4 is 126 Å². The lowest BCUT2D eigenvalue weighted by atomic mass is 9.86. The van der Waals surface area contributed by atoms with Crippen LogP contribution in [0.5, 0.6) is 0 Å². The Balaban J connectivity index is 0.945. The lowest BCUT2D eigenvalue weighted by Crippen LogP contribution is -2.21. The predicted molar refractivity (Wildman–Crippen MR) is 286 cm³/mol. The third-order valence-electron chi connectivity index (χ3n) is 13.9. The van der Waals surface area contributed by atoms with Gasteiger partial charge in [-0.3, -0.25) is 0 Å². The Morgan fingerprint density at radius 3 is 1.38 bits per heavy atom. The number of hydrogen-bond donors (Lipinski definition) is 0. The van der Waals surface area contributed by atoms with Gasteiger partial charge in [-0.25, -0.2) is 0 Å². The third kappa shape index (κ3) is 5.75. The number of benzene rings is 11. The first-order chi connectivity index (χ1) is 32.7. The molecule has 0 saturated heterocycles. The highest BCUT2D eigenvalue weighted by Crippen LogP contribution is 2.58. The van der Waals surface area contributed by atoms with E-state index in [1.807, 2.05) is 11.3 Å². The summed E-state index contributed by atoms with van der Waals surface area (Å²) in [7, 11) is 0. The predicted octanol–water partition coefficient (Wildman–Crippen LogP) is 18.1. The van der Waals surface area contributed by atoms with Crippen LogP contribution in [0.15, 0.2) is 241 Å². The first kappa shape index (κ1) is 37.7. The zero-order chi connectivity index (χ0) is 43.3. The van der Waals surface area contributed by atoms with E-state index < -0.39 is 0 Å². The molecule has 2 nitrogen and oxygen atoms in total. The van der Waals surface area contributed by atoms with E-state index in [2.05, 4.69) is 252 Å². The van der Waals surface area contributed by atoms with Crippen LogP contribution >= 0.6 is 23.1 Å². The highest BCUT2D eigenvalue weighted by molar-refractivity contribution is 8.00. The molecule has 1 aliphatic heterocycles. The minimum Gasteiger partial charge on any atom is -0.310 e. The first-order valence-electron chi connectivity index (χ1n) is 22.7. The summed E-state index contributed by atoms with van der Waals surface area (Å²) in [6.07, 6.45) is 7.45. The van der Waals surface area contributed by atoms with Crippen molar-refractivity contribution in [2.24, 2.45) is 0 Å².